The normalized spacial score (nSPS) is 14.0. The average molecular weight is 423 g/mol. The topological polar surface area (TPSA) is 89.5 Å². The van der Waals surface area contributed by atoms with E-state index in [0.717, 1.165) is 30.5 Å². The molecule has 2 aromatic rings. The number of halogens is 3. The van der Waals surface area contributed by atoms with Crippen LogP contribution in [0.25, 0.3) is 0 Å². The monoisotopic (exact) mass is 423 g/mol. The molecule has 0 amide bonds. The highest BCUT2D eigenvalue weighted by molar-refractivity contribution is 7.90. The minimum absolute atomic E-state index is 0.0987. The number of sulfone groups is 1. The Morgan fingerprint density at radius 1 is 0.889 bits per heavy atom. The Balaban J connectivity index is 2.15. The van der Waals surface area contributed by atoms with Crippen molar-refractivity contribution < 1.29 is 34.7 Å². The molecule has 0 radical (unpaired) electrons. The van der Waals surface area contributed by atoms with Crippen LogP contribution in [-0.2, 0) is 19.9 Å². The van der Waals surface area contributed by atoms with E-state index in [1.807, 2.05) is 0 Å². The van der Waals surface area contributed by atoms with Crippen LogP contribution in [0, 0.1) is 0 Å². The van der Waals surface area contributed by atoms with Gasteiger partial charge in [0.15, 0.2) is 9.84 Å². The Labute approximate surface area is 154 Å². The zero-order valence-electron chi connectivity index (χ0n) is 14.2. The summed E-state index contributed by atoms with van der Waals surface area (Å²) >= 11 is 0. The lowest BCUT2D eigenvalue weighted by Crippen LogP contribution is -2.27. The molecule has 27 heavy (non-hydrogen) atoms. The fourth-order valence-electron chi connectivity index (χ4n) is 2.19. The third-order valence-corrected chi connectivity index (χ3v) is 6.19. The van der Waals surface area contributed by atoms with Crippen molar-refractivity contribution in [3.05, 3.63) is 54.1 Å². The SMILES string of the molecule is CC(NS(=O)(=O)c1ccc(OC(F)(F)F)cc1)c1ccc(S(C)(=O)=O)cc1. The van der Waals surface area contributed by atoms with Crippen LogP contribution in [0.5, 0.6) is 5.75 Å². The third-order valence-electron chi connectivity index (χ3n) is 3.51. The van der Waals surface area contributed by atoms with E-state index in [-0.39, 0.29) is 9.79 Å². The van der Waals surface area contributed by atoms with Crippen molar-refractivity contribution in [3.8, 4) is 5.75 Å². The van der Waals surface area contributed by atoms with Crippen LogP contribution in [0.2, 0.25) is 0 Å². The second kappa shape index (κ2) is 7.49. The number of nitrogens with one attached hydrogen (secondary N) is 1. The van der Waals surface area contributed by atoms with Crippen molar-refractivity contribution in [3.63, 3.8) is 0 Å². The lowest BCUT2D eigenvalue weighted by molar-refractivity contribution is -0.274. The Morgan fingerprint density at radius 2 is 1.37 bits per heavy atom. The van der Waals surface area contributed by atoms with E-state index in [1.165, 1.54) is 24.3 Å². The number of hydrogen-bond donors (Lipinski definition) is 1. The van der Waals surface area contributed by atoms with Gasteiger partial charge in [0, 0.05) is 12.3 Å². The predicted octanol–water partition coefficient (Wildman–Crippen LogP) is 3.03. The Bertz CT molecular complexity index is 1000. The molecule has 1 unspecified atom stereocenters. The molecule has 0 heterocycles. The van der Waals surface area contributed by atoms with Gasteiger partial charge in [0.25, 0.3) is 0 Å². The first-order valence-corrected chi connectivity index (χ1v) is 10.8. The first kappa shape index (κ1) is 21.2. The van der Waals surface area contributed by atoms with Crippen LogP contribution < -0.4 is 9.46 Å². The van der Waals surface area contributed by atoms with Gasteiger partial charge in [0.2, 0.25) is 10.0 Å². The molecule has 0 fully saturated rings. The molecule has 1 N–H and O–H groups in total. The number of hydrogen-bond acceptors (Lipinski definition) is 5. The van der Waals surface area contributed by atoms with Gasteiger partial charge < -0.3 is 4.74 Å². The molecule has 0 aliphatic heterocycles. The van der Waals surface area contributed by atoms with Crippen molar-refractivity contribution >= 4 is 19.9 Å². The van der Waals surface area contributed by atoms with Crippen molar-refractivity contribution in [2.24, 2.45) is 0 Å². The van der Waals surface area contributed by atoms with Crippen molar-refractivity contribution in [2.75, 3.05) is 6.26 Å². The fraction of sp³-hybridized carbons (Fsp3) is 0.250. The van der Waals surface area contributed by atoms with E-state index in [9.17, 15) is 30.0 Å². The summed E-state index contributed by atoms with van der Waals surface area (Å²) < 4.78 is 90.1. The van der Waals surface area contributed by atoms with E-state index >= 15 is 0 Å². The molecule has 2 rings (SSSR count). The van der Waals surface area contributed by atoms with E-state index in [4.69, 9.17) is 0 Å². The van der Waals surface area contributed by atoms with Gasteiger partial charge in [-0.25, -0.2) is 21.6 Å². The number of rotatable bonds is 6. The second-order valence-electron chi connectivity index (χ2n) is 5.70. The molecule has 0 saturated heterocycles. The Kier molecular flexibility index (Phi) is 5.88. The molecule has 0 bridgehead atoms. The van der Waals surface area contributed by atoms with E-state index < -0.39 is 38.0 Å². The third kappa shape index (κ3) is 5.94. The molecule has 148 valence electrons. The summed E-state index contributed by atoms with van der Waals surface area (Å²) in [6.07, 6.45) is -3.81. The number of sulfonamides is 1. The Morgan fingerprint density at radius 3 is 1.81 bits per heavy atom. The van der Waals surface area contributed by atoms with E-state index in [0.29, 0.717) is 5.56 Å². The van der Waals surface area contributed by atoms with Crippen molar-refractivity contribution in [1.82, 2.24) is 4.72 Å². The zero-order chi connectivity index (χ0) is 20.5. The summed E-state index contributed by atoms with van der Waals surface area (Å²) in [7, 11) is -7.38. The lowest BCUT2D eigenvalue weighted by Gasteiger charge is -2.15. The summed E-state index contributed by atoms with van der Waals surface area (Å²) in [6, 6.07) is 8.74. The molecular formula is C16H16F3NO5S2. The van der Waals surface area contributed by atoms with Gasteiger partial charge in [-0.3, -0.25) is 0 Å². The zero-order valence-corrected chi connectivity index (χ0v) is 15.8. The second-order valence-corrected chi connectivity index (χ2v) is 9.43. The first-order chi connectivity index (χ1) is 12.3. The van der Waals surface area contributed by atoms with Crippen LogP contribution in [0.15, 0.2) is 58.3 Å². The minimum Gasteiger partial charge on any atom is -0.406 e. The average Bonchev–Trinajstić information content (AvgIpc) is 2.52. The van der Waals surface area contributed by atoms with Crippen molar-refractivity contribution in [1.29, 1.82) is 0 Å². The van der Waals surface area contributed by atoms with Gasteiger partial charge in [-0.2, -0.15) is 0 Å². The Hall–Kier alpha value is -2.11. The van der Waals surface area contributed by atoms with Crippen LogP contribution in [0.1, 0.15) is 18.5 Å². The molecule has 0 spiro atoms. The van der Waals surface area contributed by atoms with Gasteiger partial charge in [-0.15, -0.1) is 13.2 Å². The van der Waals surface area contributed by atoms with Gasteiger partial charge in [-0.1, -0.05) is 12.1 Å². The van der Waals surface area contributed by atoms with Gasteiger partial charge >= 0.3 is 6.36 Å². The largest absolute Gasteiger partial charge is 0.573 e. The summed E-state index contributed by atoms with van der Waals surface area (Å²) in [5.41, 5.74) is 0.517. The predicted molar refractivity (Wildman–Crippen MR) is 91.4 cm³/mol. The van der Waals surface area contributed by atoms with Gasteiger partial charge in [0.1, 0.15) is 5.75 Å². The summed E-state index contributed by atoms with van der Waals surface area (Å²) in [4.78, 5) is -0.141. The highest BCUT2D eigenvalue weighted by atomic mass is 32.2. The highest BCUT2D eigenvalue weighted by Gasteiger charge is 2.31. The van der Waals surface area contributed by atoms with Gasteiger partial charge in [-0.05, 0) is 48.9 Å². The van der Waals surface area contributed by atoms with Crippen LogP contribution in [0.3, 0.4) is 0 Å². The maximum absolute atomic E-state index is 12.4. The molecule has 0 aliphatic rings. The number of alkyl halides is 3. The van der Waals surface area contributed by atoms with E-state index in [2.05, 4.69) is 9.46 Å². The molecule has 2 aromatic carbocycles. The summed E-state index contributed by atoms with van der Waals surface area (Å²) in [6.45, 7) is 1.55. The maximum Gasteiger partial charge on any atom is 0.573 e. The van der Waals surface area contributed by atoms with Crippen LogP contribution in [0.4, 0.5) is 13.2 Å². The molecule has 0 saturated carbocycles. The quantitative estimate of drug-likeness (QED) is 0.772. The molecule has 11 heteroatoms. The van der Waals surface area contributed by atoms with Crippen LogP contribution in [-0.4, -0.2) is 29.5 Å². The summed E-state index contributed by atoms with van der Waals surface area (Å²) in [5.74, 6) is -0.536. The molecular weight excluding hydrogens is 407 g/mol. The van der Waals surface area contributed by atoms with Crippen molar-refractivity contribution in [2.45, 2.75) is 29.1 Å². The highest BCUT2D eigenvalue weighted by Crippen LogP contribution is 2.25. The number of benzene rings is 2. The molecule has 0 aromatic heterocycles. The smallest absolute Gasteiger partial charge is 0.406 e. The van der Waals surface area contributed by atoms with E-state index in [1.54, 1.807) is 6.92 Å². The standard InChI is InChI=1S/C16H16F3NO5S2/c1-11(12-3-7-14(8-4-12)26(2,21)22)20-27(23,24)15-9-5-13(6-10-15)25-16(17,18)19/h3-11,20H,1-2H3. The number of ether oxygens (including phenoxy) is 1. The maximum atomic E-state index is 12.4. The first-order valence-electron chi connectivity index (χ1n) is 7.46. The van der Waals surface area contributed by atoms with Gasteiger partial charge in [0.05, 0.1) is 9.79 Å². The minimum atomic E-state index is -4.87. The fourth-order valence-corrected chi connectivity index (χ4v) is 4.06. The van der Waals surface area contributed by atoms with Crippen LogP contribution >= 0.6 is 0 Å². The summed E-state index contributed by atoms with van der Waals surface area (Å²) in [5, 5.41) is 0. The molecule has 1 atom stereocenters. The molecule has 0 aliphatic carbocycles. The lowest BCUT2D eigenvalue weighted by atomic mass is 10.1. The molecule has 6 nitrogen and oxygen atoms in total.